The van der Waals surface area contributed by atoms with Gasteiger partial charge in [-0.05, 0) is 0 Å². The Morgan fingerprint density at radius 1 is 1.77 bits per heavy atom. The number of likely N-dealkylation sites (tertiary alicyclic amines) is 1. The summed E-state index contributed by atoms with van der Waals surface area (Å²) in [5, 5.41) is 3.60. The second-order valence-corrected chi connectivity index (χ2v) is 3.06. The third kappa shape index (κ3) is 1.68. The highest BCUT2D eigenvalue weighted by Gasteiger charge is 2.30. The van der Waals surface area contributed by atoms with Crippen LogP contribution in [0.25, 0.3) is 0 Å². The third-order valence-corrected chi connectivity index (χ3v) is 2.01. The van der Waals surface area contributed by atoms with Crippen LogP contribution in [0.2, 0.25) is 0 Å². The van der Waals surface area contributed by atoms with Gasteiger partial charge in [-0.15, -0.1) is 0 Å². The molecule has 2 rings (SSSR count). The molecule has 1 aromatic heterocycles. The molecule has 4 nitrogen and oxygen atoms in total. The Kier molecular flexibility index (Phi) is 2.00. The molecular weight excluding hydrogens is 175 g/mol. The molecule has 1 saturated heterocycles. The van der Waals surface area contributed by atoms with Crippen LogP contribution in [-0.4, -0.2) is 35.2 Å². The van der Waals surface area contributed by atoms with Crippen molar-refractivity contribution in [2.24, 2.45) is 0 Å². The molecule has 0 atom stereocenters. The van der Waals surface area contributed by atoms with Crippen molar-refractivity contribution in [3.05, 3.63) is 18.0 Å². The summed E-state index contributed by atoms with van der Waals surface area (Å²) in [6.07, 6.45) is 0.765. The van der Waals surface area contributed by atoms with E-state index in [9.17, 15) is 9.18 Å². The molecule has 0 N–H and O–H groups in total. The minimum Gasteiger partial charge on any atom is -0.364 e. The summed E-state index contributed by atoms with van der Waals surface area (Å²) < 4.78 is 17.0. The van der Waals surface area contributed by atoms with Crippen LogP contribution in [0, 0.1) is 0 Å². The van der Waals surface area contributed by atoms with Crippen molar-refractivity contribution in [3.8, 4) is 0 Å². The maximum Gasteiger partial charge on any atom is 0.228 e. The highest BCUT2D eigenvalue weighted by molar-refractivity contribution is 5.79. The topological polar surface area (TPSA) is 46.3 Å². The van der Waals surface area contributed by atoms with Crippen LogP contribution in [-0.2, 0) is 11.2 Å². The number of aromatic nitrogens is 1. The van der Waals surface area contributed by atoms with E-state index in [4.69, 9.17) is 0 Å². The summed E-state index contributed by atoms with van der Waals surface area (Å²) in [5.41, 5.74) is 0.590. The number of rotatable bonds is 2. The highest BCUT2D eigenvalue weighted by atomic mass is 19.1. The van der Waals surface area contributed by atoms with Crippen molar-refractivity contribution in [3.63, 3.8) is 0 Å². The van der Waals surface area contributed by atoms with Crippen molar-refractivity contribution >= 4 is 5.91 Å². The largest absolute Gasteiger partial charge is 0.364 e. The molecule has 0 aliphatic carbocycles. The quantitative estimate of drug-likeness (QED) is 0.668. The average Bonchev–Trinajstić information content (AvgIpc) is 2.51. The number of alkyl halides is 1. The number of hydrogen-bond donors (Lipinski definition) is 0. The molecule has 1 aliphatic rings. The van der Waals surface area contributed by atoms with Crippen molar-refractivity contribution in [2.45, 2.75) is 12.6 Å². The maximum atomic E-state index is 12.4. The van der Waals surface area contributed by atoms with Gasteiger partial charge >= 0.3 is 0 Å². The fourth-order valence-corrected chi connectivity index (χ4v) is 1.22. The fourth-order valence-electron chi connectivity index (χ4n) is 1.22. The van der Waals surface area contributed by atoms with E-state index in [0.29, 0.717) is 5.69 Å². The first-order valence-electron chi connectivity index (χ1n) is 4.07. The van der Waals surface area contributed by atoms with Crippen LogP contribution in [0.5, 0.6) is 0 Å². The van der Waals surface area contributed by atoms with Crippen LogP contribution < -0.4 is 0 Å². The van der Waals surface area contributed by atoms with Crippen molar-refractivity contribution in [1.29, 1.82) is 0 Å². The lowest BCUT2D eigenvalue weighted by atomic mass is 10.1. The van der Waals surface area contributed by atoms with Crippen molar-refractivity contribution in [2.75, 3.05) is 13.1 Å². The number of amides is 1. The standard InChI is InChI=1S/C8H9FN2O2/c9-6-4-11(5-6)8(12)3-7-1-2-13-10-7/h1-2,6H,3-5H2. The Morgan fingerprint density at radius 3 is 3.08 bits per heavy atom. The zero-order valence-corrected chi connectivity index (χ0v) is 6.94. The first-order chi connectivity index (χ1) is 6.25. The lowest BCUT2D eigenvalue weighted by Gasteiger charge is -2.34. The van der Waals surface area contributed by atoms with Gasteiger partial charge < -0.3 is 9.42 Å². The molecule has 1 fully saturated rings. The molecule has 1 aromatic rings. The molecule has 0 unspecified atom stereocenters. The summed E-state index contributed by atoms with van der Waals surface area (Å²) in [6, 6.07) is 1.63. The van der Waals surface area contributed by atoms with Gasteiger partial charge in [0.25, 0.3) is 0 Å². The summed E-state index contributed by atoms with van der Waals surface area (Å²) in [5.74, 6) is -0.0946. The fraction of sp³-hybridized carbons (Fsp3) is 0.500. The van der Waals surface area contributed by atoms with E-state index < -0.39 is 6.17 Å². The molecule has 13 heavy (non-hydrogen) atoms. The Morgan fingerprint density at radius 2 is 2.54 bits per heavy atom. The van der Waals surface area contributed by atoms with Crippen molar-refractivity contribution in [1.82, 2.24) is 10.1 Å². The van der Waals surface area contributed by atoms with Gasteiger partial charge in [-0.25, -0.2) is 4.39 Å². The summed E-state index contributed by atoms with van der Waals surface area (Å²) in [4.78, 5) is 12.8. The van der Waals surface area contributed by atoms with Crippen LogP contribution >= 0.6 is 0 Å². The lowest BCUT2D eigenvalue weighted by molar-refractivity contribution is -0.137. The molecule has 2 heterocycles. The second kappa shape index (κ2) is 3.16. The van der Waals surface area contributed by atoms with Gasteiger partial charge in [0.05, 0.1) is 25.2 Å². The van der Waals surface area contributed by atoms with E-state index in [1.165, 1.54) is 11.2 Å². The number of carbonyl (C=O) groups excluding carboxylic acids is 1. The minimum absolute atomic E-state index is 0.0946. The Labute approximate surface area is 74.3 Å². The Balaban J connectivity index is 1.86. The van der Waals surface area contributed by atoms with E-state index in [-0.39, 0.29) is 25.4 Å². The summed E-state index contributed by atoms with van der Waals surface area (Å²) >= 11 is 0. The van der Waals surface area contributed by atoms with E-state index >= 15 is 0 Å². The second-order valence-electron chi connectivity index (χ2n) is 3.06. The smallest absolute Gasteiger partial charge is 0.228 e. The minimum atomic E-state index is -0.846. The Hall–Kier alpha value is -1.39. The summed E-state index contributed by atoms with van der Waals surface area (Å²) in [7, 11) is 0. The van der Waals surface area contributed by atoms with Crippen LogP contribution in [0.15, 0.2) is 16.9 Å². The van der Waals surface area contributed by atoms with Gasteiger partial charge in [0.1, 0.15) is 12.4 Å². The van der Waals surface area contributed by atoms with E-state index in [0.717, 1.165) is 0 Å². The van der Waals surface area contributed by atoms with Gasteiger partial charge in [0.15, 0.2) is 0 Å². The zero-order valence-electron chi connectivity index (χ0n) is 6.94. The number of nitrogens with zero attached hydrogens (tertiary/aromatic N) is 2. The molecule has 0 spiro atoms. The van der Waals surface area contributed by atoms with Gasteiger partial charge in [-0.2, -0.15) is 0 Å². The van der Waals surface area contributed by atoms with Crippen molar-refractivity contribution < 1.29 is 13.7 Å². The molecule has 0 aromatic carbocycles. The van der Waals surface area contributed by atoms with Crippen LogP contribution in [0.4, 0.5) is 4.39 Å². The van der Waals surface area contributed by atoms with Crippen LogP contribution in [0.1, 0.15) is 5.69 Å². The predicted octanol–water partition coefficient (Wildman–Crippen LogP) is 0.397. The third-order valence-electron chi connectivity index (χ3n) is 2.01. The molecule has 0 bridgehead atoms. The SMILES string of the molecule is O=C(Cc1ccon1)N1CC(F)C1. The van der Waals surface area contributed by atoms with Gasteiger partial charge in [-0.3, -0.25) is 4.79 Å². The molecular formula is C8H9FN2O2. The first kappa shape index (κ1) is 8.22. The predicted molar refractivity (Wildman–Crippen MR) is 41.7 cm³/mol. The number of halogens is 1. The molecule has 0 radical (unpaired) electrons. The highest BCUT2D eigenvalue weighted by Crippen LogP contribution is 2.12. The number of hydrogen-bond acceptors (Lipinski definition) is 3. The monoisotopic (exact) mass is 184 g/mol. The normalized spacial score (nSPS) is 17.2. The molecule has 1 amide bonds. The van der Waals surface area contributed by atoms with Gasteiger partial charge in [0, 0.05) is 6.07 Å². The lowest BCUT2D eigenvalue weighted by Crippen LogP contribution is -2.52. The van der Waals surface area contributed by atoms with Crippen LogP contribution in [0.3, 0.4) is 0 Å². The Bertz CT molecular complexity index is 293. The number of carbonyl (C=O) groups is 1. The van der Waals surface area contributed by atoms with E-state index in [2.05, 4.69) is 9.68 Å². The van der Waals surface area contributed by atoms with Gasteiger partial charge in [-0.1, -0.05) is 5.16 Å². The van der Waals surface area contributed by atoms with E-state index in [1.54, 1.807) is 6.07 Å². The molecule has 5 heteroatoms. The van der Waals surface area contributed by atoms with Gasteiger partial charge in [0.2, 0.25) is 5.91 Å². The first-order valence-corrected chi connectivity index (χ1v) is 4.07. The summed E-state index contributed by atoms with van der Waals surface area (Å²) in [6.45, 7) is 0.438. The molecule has 0 saturated carbocycles. The maximum absolute atomic E-state index is 12.4. The molecule has 70 valence electrons. The molecule has 1 aliphatic heterocycles. The average molecular weight is 184 g/mol. The zero-order chi connectivity index (χ0) is 9.26. The van der Waals surface area contributed by atoms with E-state index in [1.807, 2.05) is 0 Å².